The van der Waals surface area contributed by atoms with Gasteiger partial charge in [0.25, 0.3) is 0 Å². The molecule has 124 valence electrons. The number of rotatable bonds is 7. The molecule has 1 unspecified atom stereocenters. The molecule has 0 fully saturated rings. The van der Waals surface area contributed by atoms with Crippen LogP contribution in [0.25, 0.3) is 0 Å². The minimum absolute atomic E-state index is 0.0226. The largest absolute Gasteiger partial charge is 0.479 e. The number of carboxylic acids is 1. The van der Waals surface area contributed by atoms with E-state index in [4.69, 9.17) is 4.74 Å². The Balaban J connectivity index is 5.56. The average molecular weight is 335 g/mol. The van der Waals surface area contributed by atoms with Gasteiger partial charge in [-0.15, -0.1) is 6.58 Å². The highest BCUT2D eigenvalue weighted by atomic mass is 32.2. The van der Waals surface area contributed by atoms with Crippen LogP contribution in [-0.4, -0.2) is 27.4 Å². The van der Waals surface area contributed by atoms with Crippen LogP contribution >= 0.6 is 25.3 Å². The Kier molecular flexibility index (Phi) is 7.38. The lowest BCUT2D eigenvalue weighted by atomic mass is 9.73. The van der Waals surface area contributed by atoms with E-state index in [2.05, 4.69) is 73.4 Å². The number of hydrogen-bond acceptors (Lipinski definition) is 4. The Morgan fingerprint density at radius 1 is 1.14 bits per heavy atom. The first-order valence-corrected chi connectivity index (χ1v) is 8.15. The molecule has 0 bridgehead atoms. The van der Waals surface area contributed by atoms with Crippen LogP contribution in [0, 0.1) is 10.8 Å². The quantitative estimate of drug-likeness (QED) is 0.366. The molecule has 1 N–H and O–H groups in total. The Morgan fingerprint density at radius 2 is 1.52 bits per heavy atom. The summed E-state index contributed by atoms with van der Waals surface area (Å²) < 4.78 is 5.30. The van der Waals surface area contributed by atoms with Gasteiger partial charge in [0, 0.05) is 0 Å². The van der Waals surface area contributed by atoms with Gasteiger partial charge in [-0.25, -0.2) is 4.79 Å². The Morgan fingerprint density at radius 3 is 1.71 bits per heavy atom. The van der Waals surface area contributed by atoms with Crippen molar-refractivity contribution in [1.82, 2.24) is 0 Å². The summed E-state index contributed by atoms with van der Waals surface area (Å²) in [6.07, 6.45) is 2.01. The molecule has 5 heteroatoms. The summed E-state index contributed by atoms with van der Waals surface area (Å²) in [6, 6.07) is 0. The molecule has 0 rings (SSSR count). The van der Waals surface area contributed by atoms with Crippen LogP contribution in [0.1, 0.15) is 54.4 Å². The number of hydrogen-bond donors (Lipinski definition) is 3. The van der Waals surface area contributed by atoms with Crippen LogP contribution in [-0.2, 0) is 9.53 Å². The third kappa shape index (κ3) is 8.17. The highest BCUT2D eigenvalue weighted by molar-refractivity contribution is 7.99. The molecule has 0 aromatic carbocycles. The number of ether oxygens (including phenoxy) is 1. The second-order valence-corrected chi connectivity index (χ2v) is 9.55. The normalized spacial score (nSPS) is 15.1. The lowest BCUT2D eigenvalue weighted by Gasteiger charge is -2.42. The van der Waals surface area contributed by atoms with E-state index >= 15 is 0 Å². The fourth-order valence-electron chi connectivity index (χ4n) is 2.63. The van der Waals surface area contributed by atoms with E-state index < -0.39 is 22.3 Å². The molecular formula is C16H30O3S2. The second kappa shape index (κ2) is 7.42. The van der Waals surface area contributed by atoms with Crippen molar-refractivity contribution in [2.45, 2.75) is 70.7 Å². The fraction of sp³-hybridized carbons (Fsp3) is 0.812. The molecule has 0 aliphatic heterocycles. The van der Waals surface area contributed by atoms with Crippen LogP contribution < -0.4 is 0 Å². The first-order chi connectivity index (χ1) is 9.21. The van der Waals surface area contributed by atoms with Gasteiger partial charge >= 0.3 is 5.97 Å². The van der Waals surface area contributed by atoms with Gasteiger partial charge in [0.2, 0.25) is 0 Å². The zero-order chi connectivity index (χ0) is 17.1. The first kappa shape index (κ1) is 20.9. The van der Waals surface area contributed by atoms with Gasteiger partial charge in [0.05, 0.1) is 10.2 Å². The highest BCUT2D eigenvalue weighted by Gasteiger charge is 2.41. The minimum atomic E-state index is -1.08. The fourth-order valence-corrected chi connectivity index (χ4v) is 3.00. The average Bonchev–Trinajstić information content (AvgIpc) is 2.20. The Hall–Kier alpha value is -0.130. The predicted molar refractivity (Wildman–Crippen MR) is 95.3 cm³/mol. The van der Waals surface area contributed by atoms with Gasteiger partial charge in [-0.05, 0) is 23.7 Å². The molecule has 0 saturated carbocycles. The van der Waals surface area contributed by atoms with Crippen molar-refractivity contribution in [2.24, 2.45) is 10.8 Å². The standard InChI is InChI=1S/C16H30O3S2/c1-8-16(9-14(2,3)4,10-15(5,6)7)19-11(12(17)18)13(20)21/h8,11,13,20-21H,1,9-10H2,2-7H3,(H,17,18). The van der Waals surface area contributed by atoms with Crippen LogP contribution in [0.2, 0.25) is 0 Å². The maximum atomic E-state index is 11.4. The van der Waals surface area contributed by atoms with Crippen molar-refractivity contribution in [3.8, 4) is 0 Å². The molecule has 21 heavy (non-hydrogen) atoms. The predicted octanol–water partition coefficient (Wildman–Crippen LogP) is 4.44. The minimum Gasteiger partial charge on any atom is -0.479 e. The SMILES string of the molecule is C=CC(CC(C)(C)C)(CC(C)(C)C)OC(C(=O)O)C(S)S. The summed E-state index contributed by atoms with van der Waals surface area (Å²) in [4.78, 5) is 11.4. The van der Waals surface area contributed by atoms with Crippen molar-refractivity contribution < 1.29 is 14.6 Å². The molecule has 1 atom stereocenters. The van der Waals surface area contributed by atoms with E-state index in [9.17, 15) is 9.90 Å². The highest BCUT2D eigenvalue weighted by Crippen LogP contribution is 2.40. The second-order valence-electron chi connectivity index (χ2n) is 8.03. The van der Waals surface area contributed by atoms with Crippen molar-refractivity contribution in [3.05, 3.63) is 12.7 Å². The van der Waals surface area contributed by atoms with Gasteiger partial charge in [0.15, 0.2) is 6.10 Å². The molecule has 0 spiro atoms. The summed E-state index contributed by atoms with van der Waals surface area (Å²) in [7, 11) is 0. The van der Waals surface area contributed by atoms with Crippen LogP contribution in [0.15, 0.2) is 12.7 Å². The molecule has 0 heterocycles. The molecule has 3 nitrogen and oxygen atoms in total. The molecule has 0 aromatic heterocycles. The van der Waals surface area contributed by atoms with Gasteiger partial charge in [-0.3, -0.25) is 0 Å². The molecule has 0 saturated heterocycles. The van der Waals surface area contributed by atoms with Crippen molar-refractivity contribution in [3.63, 3.8) is 0 Å². The maximum Gasteiger partial charge on any atom is 0.334 e. The summed E-state index contributed by atoms with van der Waals surface area (Å²) in [5.74, 6) is -1.06. The van der Waals surface area contributed by atoms with Gasteiger partial charge in [-0.2, -0.15) is 25.3 Å². The van der Waals surface area contributed by atoms with Crippen molar-refractivity contribution in [1.29, 1.82) is 0 Å². The first-order valence-electron chi connectivity index (χ1n) is 7.12. The van der Waals surface area contributed by atoms with E-state index in [0.29, 0.717) is 12.8 Å². The third-order valence-corrected chi connectivity index (χ3v) is 3.45. The molecule has 0 aliphatic carbocycles. The zero-order valence-electron chi connectivity index (χ0n) is 14.0. The zero-order valence-corrected chi connectivity index (χ0v) is 15.8. The number of carbonyl (C=O) groups is 1. The number of thiol groups is 2. The smallest absolute Gasteiger partial charge is 0.334 e. The Labute approximate surface area is 140 Å². The third-order valence-electron chi connectivity index (χ3n) is 2.91. The van der Waals surface area contributed by atoms with E-state index in [0.717, 1.165) is 0 Å². The molecule has 0 aromatic rings. The van der Waals surface area contributed by atoms with Crippen LogP contribution in [0.4, 0.5) is 0 Å². The summed E-state index contributed by atoms with van der Waals surface area (Å²) in [6.45, 7) is 16.5. The van der Waals surface area contributed by atoms with Gasteiger partial charge in [0.1, 0.15) is 0 Å². The summed E-state index contributed by atoms with van der Waals surface area (Å²) >= 11 is 8.26. The number of aliphatic carboxylic acids is 1. The monoisotopic (exact) mass is 334 g/mol. The molecule has 0 aliphatic rings. The molecule has 0 radical (unpaired) electrons. The summed E-state index contributed by atoms with van der Waals surface area (Å²) in [5, 5.41) is 9.34. The number of carboxylic acid groups (broad SMARTS) is 1. The molecular weight excluding hydrogens is 304 g/mol. The van der Waals surface area contributed by atoms with E-state index in [1.54, 1.807) is 6.08 Å². The Bertz CT molecular complexity index is 349. The summed E-state index contributed by atoms with van der Waals surface area (Å²) in [5.41, 5.74) is -0.764. The van der Waals surface area contributed by atoms with E-state index in [1.807, 2.05) is 0 Å². The van der Waals surface area contributed by atoms with E-state index in [1.165, 1.54) is 0 Å². The van der Waals surface area contributed by atoms with E-state index in [-0.39, 0.29) is 10.8 Å². The molecule has 0 amide bonds. The maximum absolute atomic E-state index is 11.4. The van der Waals surface area contributed by atoms with Crippen molar-refractivity contribution >= 4 is 31.2 Å². The lowest BCUT2D eigenvalue weighted by Crippen LogP contribution is -2.45. The van der Waals surface area contributed by atoms with Crippen LogP contribution in [0.3, 0.4) is 0 Å². The topological polar surface area (TPSA) is 46.5 Å². The van der Waals surface area contributed by atoms with Gasteiger partial charge < -0.3 is 9.84 Å². The lowest BCUT2D eigenvalue weighted by molar-refractivity contribution is -0.163. The van der Waals surface area contributed by atoms with Gasteiger partial charge in [-0.1, -0.05) is 47.6 Å². The van der Waals surface area contributed by atoms with Crippen molar-refractivity contribution in [2.75, 3.05) is 0 Å². The van der Waals surface area contributed by atoms with Crippen LogP contribution in [0.5, 0.6) is 0 Å².